The molecule has 0 fully saturated rings. The third kappa shape index (κ3) is 5.46. The molecular formula is C22H30Cl2N2O3. The monoisotopic (exact) mass is 440 g/mol. The minimum absolute atomic E-state index is 0.0204. The summed E-state index contributed by atoms with van der Waals surface area (Å²) in [5.41, 5.74) is 1.55. The number of fused-ring (bicyclic) bond motifs is 1. The van der Waals surface area contributed by atoms with Crippen molar-refractivity contribution in [2.24, 2.45) is 0 Å². The van der Waals surface area contributed by atoms with E-state index in [1.165, 1.54) is 6.92 Å². The predicted molar refractivity (Wildman–Crippen MR) is 120 cm³/mol. The highest BCUT2D eigenvalue weighted by Gasteiger charge is 2.24. The van der Waals surface area contributed by atoms with E-state index in [-0.39, 0.29) is 23.8 Å². The third-order valence-corrected chi connectivity index (χ3v) is 5.71. The molecule has 2 aromatic rings. The molecule has 1 unspecified atom stereocenters. The predicted octanol–water partition coefficient (Wildman–Crippen LogP) is 6.20. The Labute approximate surface area is 182 Å². The summed E-state index contributed by atoms with van der Waals surface area (Å²) in [5.74, 6) is 0.420. The number of nitrogens with zero attached hydrogens (tertiary/aromatic N) is 1. The van der Waals surface area contributed by atoms with Crippen LogP contribution in [-0.2, 0) is 4.79 Å². The number of carbonyl (C=O) groups excluding carboxylic acids is 2. The molecule has 1 atom stereocenters. The lowest BCUT2D eigenvalue weighted by Crippen LogP contribution is -2.25. The van der Waals surface area contributed by atoms with Gasteiger partial charge >= 0.3 is 0 Å². The van der Waals surface area contributed by atoms with Gasteiger partial charge in [0.1, 0.15) is 10.8 Å². The first-order chi connectivity index (χ1) is 13.7. The van der Waals surface area contributed by atoms with E-state index in [1.807, 2.05) is 33.0 Å². The Morgan fingerprint density at radius 3 is 2.45 bits per heavy atom. The first-order valence-corrected chi connectivity index (χ1v) is 10.9. The number of unbranched alkanes of at least 4 members (excludes halogenated alkanes) is 1. The van der Waals surface area contributed by atoms with E-state index >= 15 is 0 Å². The van der Waals surface area contributed by atoms with Gasteiger partial charge in [0.15, 0.2) is 0 Å². The Kier molecular flexibility index (Phi) is 8.41. The quantitative estimate of drug-likeness (QED) is 0.504. The number of rotatable bonds is 9. The molecule has 0 saturated carbocycles. The van der Waals surface area contributed by atoms with Crippen molar-refractivity contribution in [2.75, 3.05) is 6.54 Å². The molecule has 0 bridgehead atoms. The SMILES string of the molecule is CCCCC(=O)n1cc(C(CC)CNC(C)=O)c2cc(OC(C)C)c(Cl)c(Cl)c21. The molecule has 2 rings (SSSR count). The first-order valence-electron chi connectivity index (χ1n) is 10.2. The van der Waals surface area contributed by atoms with Crippen molar-refractivity contribution in [2.45, 2.75) is 72.3 Å². The van der Waals surface area contributed by atoms with Gasteiger partial charge in [-0.05, 0) is 38.3 Å². The highest BCUT2D eigenvalue weighted by molar-refractivity contribution is 6.46. The fourth-order valence-electron chi connectivity index (χ4n) is 3.37. The van der Waals surface area contributed by atoms with Gasteiger partial charge in [0, 0.05) is 37.4 Å². The van der Waals surface area contributed by atoms with Crippen LogP contribution in [0.15, 0.2) is 12.3 Å². The number of amides is 1. The molecule has 1 aromatic heterocycles. The topological polar surface area (TPSA) is 60.3 Å². The molecule has 7 heteroatoms. The zero-order valence-corrected chi connectivity index (χ0v) is 19.3. The number of aromatic nitrogens is 1. The van der Waals surface area contributed by atoms with Gasteiger partial charge in [-0.25, -0.2) is 0 Å². The van der Waals surface area contributed by atoms with E-state index < -0.39 is 0 Å². The van der Waals surface area contributed by atoms with E-state index in [1.54, 1.807) is 4.57 Å². The van der Waals surface area contributed by atoms with Crippen molar-refractivity contribution < 1.29 is 14.3 Å². The van der Waals surface area contributed by atoms with Crippen LogP contribution in [0.25, 0.3) is 10.9 Å². The maximum absolute atomic E-state index is 12.9. The lowest BCUT2D eigenvalue weighted by Gasteiger charge is -2.16. The van der Waals surface area contributed by atoms with Crippen LogP contribution in [0.1, 0.15) is 76.6 Å². The van der Waals surface area contributed by atoms with Crippen molar-refractivity contribution in [3.8, 4) is 5.75 Å². The molecule has 160 valence electrons. The Balaban J connectivity index is 2.69. The second-order valence-electron chi connectivity index (χ2n) is 7.56. The molecular weight excluding hydrogens is 411 g/mol. The van der Waals surface area contributed by atoms with Gasteiger partial charge in [0.25, 0.3) is 0 Å². The molecule has 5 nitrogen and oxygen atoms in total. The third-order valence-electron chi connectivity index (χ3n) is 4.87. The van der Waals surface area contributed by atoms with Crippen molar-refractivity contribution in [1.29, 1.82) is 0 Å². The van der Waals surface area contributed by atoms with Gasteiger partial charge < -0.3 is 10.1 Å². The molecule has 29 heavy (non-hydrogen) atoms. The van der Waals surface area contributed by atoms with Crippen molar-refractivity contribution in [3.05, 3.63) is 27.9 Å². The smallest absolute Gasteiger partial charge is 0.231 e. The largest absolute Gasteiger partial charge is 0.489 e. The Hall–Kier alpha value is -1.72. The van der Waals surface area contributed by atoms with Crippen LogP contribution < -0.4 is 10.1 Å². The van der Waals surface area contributed by atoms with Gasteiger partial charge in [0.2, 0.25) is 11.8 Å². The molecule has 0 radical (unpaired) electrons. The number of benzene rings is 1. The molecule has 0 aliphatic rings. The standard InChI is InChI=1S/C22H30Cl2N2O3/c1-6-8-9-19(28)26-12-17(15(7-2)11-25-14(5)27)16-10-18(29-13(3)4)20(23)21(24)22(16)26/h10,12-13,15H,6-9,11H2,1-5H3,(H,25,27). The average molecular weight is 441 g/mol. The molecule has 0 aliphatic heterocycles. The van der Waals surface area contributed by atoms with E-state index in [0.29, 0.717) is 34.3 Å². The molecule has 0 aliphatic carbocycles. The summed E-state index contributed by atoms with van der Waals surface area (Å²) in [6, 6.07) is 1.86. The minimum atomic E-state index is -0.0869. The number of nitrogens with one attached hydrogen (secondary N) is 1. The van der Waals surface area contributed by atoms with Crippen LogP contribution in [0.2, 0.25) is 10.0 Å². The van der Waals surface area contributed by atoms with Crippen LogP contribution in [0.5, 0.6) is 5.75 Å². The fourth-order valence-corrected chi connectivity index (χ4v) is 3.85. The summed E-state index contributed by atoms with van der Waals surface area (Å²) in [7, 11) is 0. The van der Waals surface area contributed by atoms with Crippen LogP contribution >= 0.6 is 23.2 Å². The van der Waals surface area contributed by atoms with Crippen molar-refractivity contribution in [1.82, 2.24) is 9.88 Å². The highest BCUT2D eigenvalue weighted by Crippen LogP contribution is 2.43. The number of carbonyl (C=O) groups is 2. The van der Waals surface area contributed by atoms with E-state index in [2.05, 4.69) is 12.2 Å². The number of ether oxygens (including phenoxy) is 1. The van der Waals surface area contributed by atoms with Gasteiger partial charge in [0.05, 0.1) is 16.6 Å². The average Bonchev–Trinajstić information content (AvgIpc) is 3.03. The lowest BCUT2D eigenvalue weighted by molar-refractivity contribution is -0.119. The Bertz CT molecular complexity index is 890. The van der Waals surface area contributed by atoms with E-state index in [9.17, 15) is 9.59 Å². The van der Waals surface area contributed by atoms with Crippen LogP contribution in [0.4, 0.5) is 0 Å². The van der Waals surface area contributed by atoms with Crippen LogP contribution in [0, 0.1) is 0 Å². The van der Waals surface area contributed by atoms with Crippen LogP contribution in [-0.4, -0.2) is 29.0 Å². The zero-order chi connectivity index (χ0) is 21.7. The first kappa shape index (κ1) is 23.6. The maximum Gasteiger partial charge on any atom is 0.231 e. The van der Waals surface area contributed by atoms with Crippen molar-refractivity contribution >= 4 is 45.9 Å². The molecule has 1 N–H and O–H groups in total. The fraction of sp³-hybridized carbons (Fsp3) is 0.545. The summed E-state index contributed by atoms with van der Waals surface area (Å²) >= 11 is 13.1. The van der Waals surface area contributed by atoms with Crippen molar-refractivity contribution in [3.63, 3.8) is 0 Å². The second-order valence-corrected chi connectivity index (χ2v) is 8.32. The van der Waals surface area contributed by atoms with Gasteiger partial charge in [-0.1, -0.05) is 43.5 Å². The molecule has 1 heterocycles. The normalized spacial score (nSPS) is 12.4. The Morgan fingerprint density at radius 1 is 1.21 bits per heavy atom. The summed E-state index contributed by atoms with van der Waals surface area (Å²) in [6.45, 7) is 9.91. The number of hydrogen-bond donors (Lipinski definition) is 1. The number of hydrogen-bond acceptors (Lipinski definition) is 3. The highest BCUT2D eigenvalue weighted by atomic mass is 35.5. The summed E-state index contributed by atoms with van der Waals surface area (Å²) in [4.78, 5) is 24.3. The van der Waals surface area contributed by atoms with E-state index in [0.717, 1.165) is 30.2 Å². The second kappa shape index (κ2) is 10.4. The summed E-state index contributed by atoms with van der Waals surface area (Å²) in [5, 5.41) is 4.33. The van der Waals surface area contributed by atoms with Crippen LogP contribution in [0.3, 0.4) is 0 Å². The van der Waals surface area contributed by atoms with Gasteiger partial charge in [-0.2, -0.15) is 0 Å². The Morgan fingerprint density at radius 2 is 1.90 bits per heavy atom. The molecule has 1 aromatic carbocycles. The van der Waals surface area contributed by atoms with Gasteiger partial charge in [-0.3, -0.25) is 14.2 Å². The summed E-state index contributed by atoms with van der Waals surface area (Å²) < 4.78 is 7.47. The lowest BCUT2D eigenvalue weighted by atomic mass is 9.95. The zero-order valence-electron chi connectivity index (χ0n) is 17.8. The maximum atomic E-state index is 12.9. The number of halogens is 2. The molecule has 0 spiro atoms. The molecule has 0 saturated heterocycles. The minimum Gasteiger partial charge on any atom is -0.489 e. The van der Waals surface area contributed by atoms with E-state index in [4.69, 9.17) is 27.9 Å². The van der Waals surface area contributed by atoms with Gasteiger partial charge in [-0.15, -0.1) is 0 Å². The summed E-state index contributed by atoms with van der Waals surface area (Å²) in [6.07, 6.45) is 4.73. The molecule has 1 amide bonds.